The Balaban J connectivity index is 0.00000729. The third-order valence-corrected chi connectivity index (χ3v) is 4.27. The van der Waals surface area contributed by atoms with Gasteiger partial charge < -0.3 is 24.8 Å². The maximum atomic E-state index is 11.0. The van der Waals surface area contributed by atoms with Crippen molar-refractivity contribution in [3.8, 4) is 11.5 Å². The second-order valence-electron chi connectivity index (χ2n) is 6.00. The van der Waals surface area contributed by atoms with Gasteiger partial charge in [0.05, 0.1) is 32.6 Å². The number of benzene rings is 1. The van der Waals surface area contributed by atoms with Crippen molar-refractivity contribution in [2.24, 2.45) is 4.99 Å². The van der Waals surface area contributed by atoms with Gasteiger partial charge >= 0.3 is 0 Å². The maximum Gasteiger partial charge on any atom is 0.191 e. The number of halogens is 1. The second-order valence-corrected chi connectivity index (χ2v) is 8.26. The van der Waals surface area contributed by atoms with Crippen molar-refractivity contribution in [3.63, 3.8) is 0 Å². The van der Waals surface area contributed by atoms with E-state index < -0.39 is 9.84 Å². The predicted molar refractivity (Wildman–Crippen MR) is 123 cm³/mol. The molecule has 0 bridgehead atoms. The van der Waals surface area contributed by atoms with Crippen LogP contribution in [0.3, 0.4) is 0 Å². The zero-order chi connectivity index (χ0) is 20.1. The molecule has 0 saturated heterocycles. The second kappa shape index (κ2) is 14.7. The zero-order valence-electron chi connectivity index (χ0n) is 16.9. The summed E-state index contributed by atoms with van der Waals surface area (Å²) >= 11 is 0. The Morgan fingerprint density at radius 1 is 1.21 bits per heavy atom. The fourth-order valence-corrected chi connectivity index (χ4v) is 2.48. The number of ether oxygens (including phenoxy) is 3. The minimum atomic E-state index is -2.99. The number of hydrogen-bond acceptors (Lipinski definition) is 6. The smallest absolute Gasteiger partial charge is 0.191 e. The average Bonchev–Trinajstić information content (AvgIpc) is 2.61. The molecule has 0 aliphatic heterocycles. The molecule has 1 aromatic carbocycles. The molecule has 162 valence electrons. The van der Waals surface area contributed by atoms with E-state index in [1.165, 1.54) is 6.26 Å². The Hall–Kier alpha value is -1.27. The molecular formula is C18H32IN3O5S. The first-order valence-corrected chi connectivity index (χ1v) is 11.0. The number of guanidine groups is 1. The first-order valence-electron chi connectivity index (χ1n) is 8.92. The van der Waals surface area contributed by atoms with Crippen molar-refractivity contribution in [2.45, 2.75) is 20.0 Å². The lowest BCUT2D eigenvalue weighted by Gasteiger charge is -2.15. The molecule has 0 aliphatic carbocycles. The molecule has 1 unspecified atom stereocenters. The van der Waals surface area contributed by atoms with Crippen LogP contribution in [0.5, 0.6) is 11.5 Å². The number of nitrogens with one attached hydrogen (secondary N) is 2. The van der Waals surface area contributed by atoms with Crippen LogP contribution in [-0.2, 0) is 14.6 Å². The monoisotopic (exact) mass is 529 g/mol. The van der Waals surface area contributed by atoms with Crippen LogP contribution in [0.2, 0.25) is 0 Å². The molecule has 0 spiro atoms. The van der Waals surface area contributed by atoms with Gasteiger partial charge in [0.2, 0.25) is 0 Å². The molecular weight excluding hydrogens is 497 g/mol. The highest BCUT2D eigenvalue weighted by atomic mass is 127. The van der Waals surface area contributed by atoms with Gasteiger partial charge in [0.1, 0.15) is 27.4 Å². The van der Waals surface area contributed by atoms with E-state index in [-0.39, 0.29) is 42.4 Å². The van der Waals surface area contributed by atoms with Gasteiger partial charge in [0.15, 0.2) is 5.96 Å². The Labute approximate surface area is 185 Å². The summed E-state index contributed by atoms with van der Waals surface area (Å²) in [5.74, 6) is 2.16. The third-order valence-electron chi connectivity index (χ3n) is 3.37. The molecule has 0 aromatic heterocycles. The van der Waals surface area contributed by atoms with Crippen LogP contribution >= 0.6 is 24.0 Å². The highest BCUT2D eigenvalue weighted by Gasteiger charge is 2.06. The summed E-state index contributed by atoms with van der Waals surface area (Å²) in [6.45, 7) is 6.25. The topological polar surface area (TPSA) is 98.2 Å². The van der Waals surface area contributed by atoms with Crippen LogP contribution in [0.25, 0.3) is 0 Å². The zero-order valence-corrected chi connectivity index (χ0v) is 20.1. The van der Waals surface area contributed by atoms with Gasteiger partial charge in [-0.05, 0) is 26.0 Å². The molecule has 1 aromatic rings. The molecule has 28 heavy (non-hydrogen) atoms. The summed E-state index contributed by atoms with van der Waals surface area (Å²) in [5, 5.41) is 6.29. The van der Waals surface area contributed by atoms with Crippen molar-refractivity contribution in [1.82, 2.24) is 10.6 Å². The van der Waals surface area contributed by atoms with E-state index >= 15 is 0 Å². The van der Waals surface area contributed by atoms with Crippen LogP contribution < -0.4 is 20.1 Å². The molecule has 0 fully saturated rings. The van der Waals surface area contributed by atoms with Crippen molar-refractivity contribution in [2.75, 3.05) is 52.0 Å². The molecule has 1 atom stereocenters. The van der Waals surface area contributed by atoms with Gasteiger partial charge in [0, 0.05) is 25.4 Å². The van der Waals surface area contributed by atoms with Crippen LogP contribution in [0.4, 0.5) is 0 Å². The van der Waals surface area contributed by atoms with Crippen LogP contribution in [0, 0.1) is 0 Å². The first-order chi connectivity index (χ1) is 12.8. The van der Waals surface area contributed by atoms with E-state index in [2.05, 4.69) is 15.6 Å². The van der Waals surface area contributed by atoms with Crippen molar-refractivity contribution in [1.29, 1.82) is 0 Å². The van der Waals surface area contributed by atoms with Gasteiger partial charge in [-0.15, -0.1) is 24.0 Å². The Morgan fingerprint density at radius 3 is 2.57 bits per heavy atom. The fraction of sp³-hybridized carbons (Fsp3) is 0.611. The summed E-state index contributed by atoms with van der Waals surface area (Å²) < 4.78 is 38.4. The van der Waals surface area contributed by atoms with Gasteiger partial charge in [-0.25, -0.2) is 13.4 Å². The lowest BCUT2D eigenvalue weighted by Crippen LogP contribution is -2.39. The maximum absolute atomic E-state index is 11.0. The van der Waals surface area contributed by atoms with Gasteiger partial charge in [-0.1, -0.05) is 6.07 Å². The minimum absolute atomic E-state index is 0. The number of hydrogen-bond donors (Lipinski definition) is 2. The standard InChI is InChI=1S/C18H31N3O5S.HI/c1-5-19-18(20-9-10-25-11-12-27(4,22)23)21-14-15(2)26-17-8-6-7-16(13-17)24-3;/h6-8,13,15H,5,9-12,14H2,1-4H3,(H2,19,20,21);1H. The number of methoxy groups -OCH3 is 1. The first kappa shape index (κ1) is 26.7. The molecule has 1 rings (SSSR count). The Kier molecular flexibility index (Phi) is 14.0. The molecule has 2 N–H and O–H groups in total. The number of aliphatic imine (C=N–C) groups is 1. The van der Waals surface area contributed by atoms with Gasteiger partial charge in [-0.2, -0.15) is 0 Å². The molecule has 0 aliphatic rings. The van der Waals surface area contributed by atoms with Crippen molar-refractivity contribution in [3.05, 3.63) is 24.3 Å². The number of rotatable bonds is 12. The fourth-order valence-electron chi connectivity index (χ4n) is 2.06. The van der Waals surface area contributed by atoms with Crippen LogP contribution in [0.15, 0.2) is 29.3 Å². The number of nitrogens with zero attached hydrogens (tertiary/aromatic N) is 1. The van der Waals surface area contributed by atoms with Crippen molar-refractivity contribution < 1.29 is 22.6 Å². The van der Waals surface area contributed by atoms with Crippen molar-refractivity contribution >= 4 is 39.8 Å². The Bertz CT molecular complexity index is 686. The van der Waals surface area contributed by atoms with E-state index in [9.17, 15) is 8.42 Å². The van der Waals surface area contributed by atoms with Crippen LogP contribution in [0.1, 0.15) is 13.8 Å². The normalized spacial score (nSPS) is 12.6. The minimum Gasteiger partial charge on any atom is -0.497 e. The van der Waals surface area contributed by atoms with E-state index in [4.69, 9.17) is 14.2 Å². The molecule has 10 heteroatoms. The third kappa shape index (κ3) is 13.0. The SMILES string of the molecule is CCNC(=NCC(C)Oc1cccc(OC)c1)NCCOCCS(C)(=O)=O.I. The van der Waals surface area contributed by atoms with Gasteiger partial charge in [0.25, 0.3) is 0 Å². The summed E-state index contributed by atoms with van der Waals surface area (Å²) in [6, 6.07) is 7.44. The highest BCUT2D eigenvalue weighted by molar-refractivity contribution is 14.0. The molecule has 0 heterocycles. The predicted octanol–water partition coefficient (Wildman–Crippen LogP) is 1.70. The number of sulfone groups is 1. The molecule has 8 nitrogen and oxygen atoms in total. The van der Waals surface area contributed by atoms with E-state index in [1.807, 2.05) is 38.1 Å². The highest BCUT2D eigenvalue weighted by Crippen LogP contribution is 2.19. The quantitative estimate of drug-likeness (QED) is 0.184. The average molecular weight is 529 g/mol. The molecule has 0 radical (unpaired) electrons. The lowest BCUT2D eigenvalue weighted by molar-refractivity contribution is 0.154. The summed E-state index contributed by atoms with van der Waals surface area (Å²) in [5.41, 5.74) is 0. The Morgan fingerprint density at radius 2 is 1.93 bits per heavy atom. The lowest BCUT2D eigenvalue weighted by atomic mass is 10.3. The van der Waals surface area contributed by atoms with E-state index in [0.717, 1.165) is 18.0 Å². The molecule has 0 amide bonds. The van der Waals surface area contributed by atoms with Crippen LogP contribution in [-0.4, -0.2) is 72.4 Å². The summed E-state index contributed by atoms with van der Waals surface area (Å²) in [6.07, 6.45) is 1.08. The van der Waals surface area contributed by atoms with E-state index in [1.54, 1.807) is 7.11 Å². The van der Waals surface area contributed by atoms with E-state index in [0.29, 0.717) is 25.7 Å². The largest absolute Gasteiger partial charge is 0.497 e. The summed E-state index contributed by atoms with van der Waals surface area (Å²) in [4.78, 5) is 4.50. The van der Waals surface area contributed by atoms with Gasteiger partial charge in [-0.3, -0.25) is 0 Å². The summed E-state index contributed by atoms with van der Waals surface area (Å²) in [7, 11) is -1.37. The molecule has 0 saturated carbocycles.